The largest absolute Gasteiger partial charge is 0.465 e. The summed E-state index contributed by atoms with van der Waals surface area (Å²) in [6.07, 6.45) is 1.47. The maximum Gasteiger partial charge on any atom is 0.338 e. The minimum Gasteiger partial charge on any atom is -0.465 e. The van der Waals surface area contributed by atoms with Gasteiger partial charge in [0, 0.05) is 11.9 Å². The van der Waals surface area contributed by atoms with Crippen molar-refractivity contribution in [1.82, 2.24) is 4.98 Å². The van der Waals surface area contributed by atoms with Gasteiger partial charge in [-0.2, -0.15) is 0 Å². The van der Waals surface area contributed by atoms with Crippen molar-refractivity contribution in [2.24, 2.45) is 0 Å². The Morgan fingerprint density at radius 2 is 2.00 bits per heavy atom. The summed E-state index contributed by atoms with van der Waals surface area (Å²) in [6.45, 7) is 1.75. The van der Waals surface area contributed by atoms with E-state index in [1.54, 1.807) is 37.3 Å². The van der Waals surface area contributed by atoms with Crippen molar-refractivity contribution in [3.8, 4) is 0 Å². The second kappa shape index (κ2) is 6.49. The summed E-state index contributed by atoms with van der Waals surface area (Å²) in [4.78, 5) is 27.8. The highest BCUT2D eigenvalue weighted by Gasteiger charge is 2.14. The van der Waals surface area contributed by atoms with Gasteiger partial charge in [0.05, 0.1) is 18.2 Å². The molecule has 0 aliphatic rings. The number of pyridine rings is 1. The Morgan fingerprint density at radius 1 is 1.24 bits per heavy atom. The third-order valence-electron chi connectivity index (χ3n) is 2.98. The maximum atomic E-state index is 12.1. The number of amides is 1. The summed E-state index contributed by atoms with van der Waals surface area (Å²) < 4.78 is 5.36. The lowest BCUT2D eigenvalue weighted by molar-refractivity contribution is 0.0599. The Hall–Kier alpha value is -2.21. The zero-order valence-electron chi connectivity index (χ0n) is 11.5. The number of ether oxygens (including phenoxy) is 1. The first-order valence-electron chi connectivity index (χ1n) is 6.13. The number of anilines is 1. The van der Waals surface area contributed by atoms with Gasteiger partial charge in [0.25, 0.3) is 5.91 Å². The molecule has 1 N–H and O–H groups in total. The van der Waals surface area contributed by atoms with Gasteiger partial charge in [-0.15, -0.1) is 0 Å². The quantitative estimate of drug-likeness (QED) is 0.683. The minimum absolute atomic E-state index is 0.292. The average Bonchev–Trinajstić information content (AvgIpc) is 2.49. The molecule has 108 valence electrons. The zero-order valence-corrected chi connectivity index (χ0v) is 13.1. The van der Waals surface area contributed by atoms with Crippen LogP contribution in [0.2, 0.25) is 0 Å². The molecule has 0 aliphatic carbocycles. The lowest BCUT2D eigenvalue weighted by Gasteiger charge is -2.11. The Balaban J connectivity index is 2.25. The SMILES string of the molecule is COC(=O)c1cccc(NC(=O)c2ccc(Br)nc2)c1C. The topological polar surface area (TPSA) is 68.3 Å². The standard InChI is InChI=1S/C15H13BrN2O3/c1-9-11(15(20)21-2)4-3-5-12(9)18-14(19)10-6-7-13(16)17-8-10/h3-8H,1-2H3,(H,18,19). The van der Waals surface area contributed by atoms with Crippen molar-refractivity contribution < 1.29 is 14.3 Å². The number of hydrogen-bond donors (Lipinski definition) is 1. The predicted octanol–water partition coefficient (Wildman–Crippen LogP) is 3.19. The fourth-order valence-corrected chi connectivity index (χ4v) is 2.04. The average molecular weight is 349 g/mol. The molecule has 1 aromatic carbocycles. The van der Waals surface area contributed by atoms with Gasteiger partial charge < -0.3 is 10.1 Å². The number of carbonyl (C=O) groups excluding carboxylic acids is 2. The molecule has 21 heavy (non-hydrogen) atoms. The molecular formula is C15H13BrN2O3. The minimum atomic E-state index is -0.436. The Bertz CT molecular complexity index is 684. The van der Waals surface area contributed by atoms with Crippen LogP contribution >= 0.6 is 15.9 Å². The molecular weight excluding hydrogens is 336 g/mol. The number of nitrogens with zero attached hydrogens (tertiary/aromatic N) is 1. The molecule has 1 aromatic heterocycles. The van der Waals surface area contributed by atoms with Crippen molar-refractivity contribution in [2.75, 3.05) is 12.4 Å². The number of carbonyl (C=O) groups is 2. The number of esters is 1. The molecule has 0 atom stereocenters. The van der Waals surface area contributed by atoms with E-state index in [1.807, 2.05) is 0 Å². The third-order valence-corrected chi connectivity index (χ3v) is 3.45. The van der Waals surface area contributed by atoms with E-state index in [-0.39, 0.29) is 5.91 Å². The van der Waals surface area contributed by atoms with Gasteiger partial charge in [0.15, 0.2) is 0 Å². The number of benzene rings is 1. The smallest absolute Gasteiger partial charge is 0.338 e. The van der Waals surface area contributed by atoms with Crippen LogP contribution in [0.25, 0.3) is 0 Å². The molecule has 5 nitrogen and oxygen atoms in total. The van der Waals surface area contributed by atoms with E-state index >= 15 is 0 Å². The summed E-state index contributed by atoms with van der Waals surface area (Å²) in [5.74, 6) is -0.728. The van der Waals surface area contributed by atoms with Crippen LogP contribution in [0.4, 0.5) is 5.69 Å². The van der Waals surface area contributed by atoms with Crippen molar-refractivity contribution >= 4 is 33.5 Å². The van der Waals surface area contributed by atoms with Gasteiger partial charge in [-0.25, -0.2) is 9.78 Å². The number of aromatic nitrogens is 1. The van der Waals surface area contributed by atoms with Crippen LogP contribution < -0.4 is 5.32 Å². The number of hydrogen-bond acceptors (Lipinski definition) is 4. The van der Waals surface area contributed by atoms with Crippen LogP contribution in [0.5, 0.6) is 0 Å². The van der Waals surface area contributed by atoms with Crippen molar-refractivity contribution in [3.05, 3.63) is 57.8 Å². The molecule has 0 spiro atoms. The first-order chi connectivity index (χ1) is 10.0. The summed E-state index contributed by atoms with van der Waals surface area (Å²) >= 11 is 3.21. The summed E-state index contributed by atoms with van der Waals surface area (Å²) in [7, 11) is 1.32. The predicted molar refractivity (Wildman–Crippen MR) is 82.4 cm³/mol. The fraction of sp³-hybridized carbons (Fsp3) is 0.133. The highest BCUT2D eigenvalue weighted by Crippen LogP contribution is 2.20. The molecule has 2 rings (SSSR count). The highest BCUT2D eigenvalue weighted by molar-refractivity contribution is 9.10. The Labute approximate surface area is 130 Å². The molecule has 1 amide bonds. The number of rotatable bonds is 3. The van der Waals surface area contributed by atoms with Crippen LogP contribution in [0.1, 0.15) is 26.3 Å². The first-order valence-corrected chi connectivity index (χ1v) is 6.93. The van der Waals surface area contributed by atoms with Crippen LogP contribution in [0, 0.1) is 6.92 Å². The maximum absolute atomic E-state index is 12.1. The number of halogens is 1. The Kier molecular flexibility index (Phi) is 4.70. The van der Waals surface area contributed by atoms with E-state index in [0.717, 1.165) is 0 Å². The van der Waals surface area contributed by atoms with Crippen LogP contribution in [0.3, 0.4) is 0 Å². The van der Waals surface area contributed by atoms with Gasteiger partial charge in [-0.05, 0) is 52.7 Å². The lowest BCUT2D eigenvalue weighted by atomic mass is 10.1. The summed E-state index contributed by atoms with van der Waals surface area (Å²) in [6, 6.07) is 8.41. The zero-order chi connectivity index (χ0) is 15.4. The van der Waals surface area contributed by atoms with Gasteiger partial charge in [0.2, 0.25) is 0 Å². The van der Waals surface area contributed by atoms with Crippen molar-refractivity contribution in [2.45, 2.75) is 6.92 Å². The molecule has 6 heteroatoms. The van der Waals surface area contributed by atoms with E-state index in [2.05, 4.69) is 26.2 Å². The molecule has 0 bridgehead atoms. The molecule has 1 heterocycles. The van der Waals surface area contributed by atoms with E-state index in [0.29, 0.717) is 27.0 Å². The van der Waals surface area contributed by atoms with E-state index in [1.165, 1.54) is 13.3 Å². The highest BCUT2D eigenvalue weighted by atomic mass is 79.9. The van der Waals surface area contributed by atoms with Gasteiger partial charge in [0.1, 0.15) is 4.60 Å². The monoisotopic (exact) mass is 348 g/mol. The summed E-state index contributed by atoms with van der Waals surface area (Å²) in [5.41, 5.74) is 2.07. The second-order valence-electron chi connectivity index (χ2n) is 4.29. The van der Waals surface area contributed by atoms with E-state index in [9.17, 15) is 9.59 Å². The molecule has 0 aliphatic heterocycles. The van der Waals surface area contributed by atoms with Crippen LogP contribution in [-0.4, -0.2) is 24.0 Å². The van der Waals surface area contributed by atoms with Gasteiger partial charge in [-0.1, -0.05) is 6.07 Å². The van der Waals surface area contributed by atoms with E-state index < -0.39 is 5.97 Å². The van der Waals surface area contributed by atoms with Crippen molar-refractivity contribution in [1.29, 1.82) is 0 Å². The Morgan fingerprint density at radius 3 is 2.62 bits per heavy atom. The van der Waals surface area contributed by atoms with Crippen molar-refractivity contribution in [3.63, 3.8) is 0 Å². The van der Waals surface area contributed by atoms with Crippen LogP contribution in [0.15, 0.2) is 41.1 Å². The molecule has 0 saturated heterocycles. The first kappa shape index (κ1) is 15.2. The number of methoxy groups -OCH3 is 1. The number of nitrogens with one attached hydrogen (secondary N) is 1. The fourth-order valence-electron chi connectivity index (χ4n) is 1.81. The second-order valence-corrected chi connectivity index (χ2v) is 5.11. The lowest BCUT2D eigenvalue weighted by Crippen LogP contribution is -2.14. The molecule has 0 fully saturated rings. The summed E-state index contributed by atoms with van der Waals surface area (Å²) in [5, 5.41) is 2.76. The van der Waals surface area contributed by atoms with E-state index in [4.69, 9.17) is 4.74 Å². The molecule has 2 aromatic rings. The third kappa shape index (κ3) is 3.46. The molecule has 0 saturated carbocycles. The van der Waals surface area contributed by atoms with Gasteiger partial charge in [-0.3, -0.25) is 4.79 Å². The normalized spacial score (nSPS) is 10.0. The van der Waals surface area contributed by atoms with Gasteiger partial charge >= 0.3 is 5.97 Å². The van der Waals surface area contributed by atoms with Crippen LogP contribution in [-0.2, 0) is 4.74 Å². The molecule has 0 radical (unpaired) electrons. The molecule has 0 unspecified atom stereocenters.